The zero-order valence-corrected chi connectivity index (χ0v) is 15.6. The number of allylic oxidation sites excluding steroid dienone is 4. The van der Waals surface area contributed by atoms with E-state index in [-0.39, 0.29) is 11.8 Å². The number of hydrogen-bond donors (Lipinski definition) is 1. The summed E-state index contributed by atoms with van der Waals surface area (Å²) in [6, 6.07) is 0. The molecule has 0 rings (SSSR count). The van der Waals surface area contributed by atoms with Crippen molar-refractivity contribution in [2.24, 2.45) is 11.7 Å². The summed E-state index contributed by atoms with van der Waals surface area (Å²) >= 11 is 0. The molecule has 0 saturated carbocycles. The van der Waals surface area contributed by atoms with Gasteiger partial charge in [-0.15, -0.1) is 0 Å². The molecule has 0 aliphatic carbocycles. The van der Waals surface area contributed by atoms with E-state index in [2.05, 4.69) is 31.2 Å². The van der Waals surface area contributed by atoms with Gasteiger partial charge in [-0.1, -0.05) is 83.1 Å². The first kappa shape index (κ1) is 21.9. The van der Waals surface area contributed by atoms with Crippen LogP contribution in [0.5, 0.6) is 0 Å². The van der Waals surface area contributed by atoms with Crippen molar-refractivity contribution in [2.45, 2.75) is 97.3 Å². The van der Waals surface area contributed by atoms with Gasteiger partial charge in [0.05, 0.1) is 0 Å². The summed E-state index contributed by atoms with van der Waals surface area (Å²) in [7, 11) is 0. The topological polar surface area (TPSA) is 43.1 Å². The van der Waals surface area contributed by atoms with Gasteiger partial charge in [0, 0.05) is 5.92 Å². The number of amides is 1. The highest BCUT2D eigenvalue weighted by atomic mass is 16.1. The highest BCUT2D eigenvalue weighted by Gasteiger charge is 2.06. The van der Waals surface area contributed by atoms with Gasteiger partial charge in [0.1, 0.15) is 0 Å². The van der Waals surface area contributed by atoms with Gasteiger partial charge >= 0.3 is 0 Å². The maximum Gasteiger partial charge on any atom is 0.220 e. The molecule has 1 unspecified atom stereocenters. The smallest absolute Gasteiger partial charge is 0.220 e. The molecule has 1 atom stereocenters. The number of nitrogens with two attached hydrogens (primary N) is 1. The van der Waals surface area contributed by atoms with E-state index >= 15 is 0 Å². The molecule has 1 amide bonds. The van der Waals surface area contributed by atoms with Crippen molar-refractivity contribution in [3.8, 4) is 0 Å². The Kier molecular flexibility index (Phi) is 16.5. The summed E-state index contributed by atoms with van der Waals surface area (Å²) in [5, 5.41) is 0. The molecule has 0 saturated heterocycles. The van der Waals surface area contributed by atoms with Gasteiger partial charge in [-0.2, -0.15) is 0 Å². The number of hydrogen-bond acceptors (Lipinski definition) is 1. The number of rotatable bonds is 16. The van der Waals surface area contributed by atoms with Gasteiger partial charge in [-0.05, 0) is 38.5 Å². The van der Waals surface area contributed by atoms with Gasteiger partial charge < -0.3 is 5.73 Å². The van der Waals surface area contributed by atoms with Gasteiger partial charge in [0.15, 0.2) is 0 Å². The van der Waals surface area contributed by atoms with E-state index in [4.69, 9.17) is 5.73 Å². The fraction of sp³-hybridized carbons (Fsp3) is 0.762. The quantitative estimate of drug-likeness (QED) is 0.262. The first-order chi connectivity index (χ1) is 11.2. The molecule has 0 aromatic carbocycles. The second kappa shape index (κ2) is 17.3. The van der Waals surface area contributed by atoms with Crippen LogP contribution in [0.4, 0.5) is 0 Å². The zero-order valence-electron chi connectivity index (χ0n) is 15.6. The largest absolute Gasteiger partial charge is 0.369 e. The zero-order chi connectivity index (χ0) is 17.2. The predicted octanol–water partition coefficient (Wildman–Crippen LogP) is 6.31. The van der Waals surface area contributed by atoms with E-state index in [0.29, 0.717) is 0 Å². The fourth-order valence-corrected chi connectivity index (χ4v) is 2.58. The number of unbranched alkanes of at least 4 members (excludes halogenated alkanes) is 9. The van der Waals surface area contributed by atoms with Gasteiger partial charge in [0.25, 0.3) is 0 Å². The van der Waals surface area contributed by atoms with Crippen LogP contribution < -0.4 is 5.73 Å². The molecular formula is C21H39NO. The Morgan fingerprint density at radius 2 is 1.35 bits per heavy atom. The van der Waals surface area contributed by atoms with E-state index in [1.807, 2.05) is 6.92 Å². The lowest BCUT2D eigenvalue weighted by Gasteiger charge is -2.06. The van der Waals surface area contributed by atoms with Crippen LogP contribution >= 0.6 is 0 Å². The molecule has 0 heterocycles. The normalized spacial score (nSPS) is 13.1. The third-order valence-corrected chi connectivity index (χ3v) is 4.32. The summed E-state index contributed by atoms with van der Waals surface area (Å²) in [5.41, 5.74) is 5.25. The Bertz CT molecular complexity index is 320. The van der Waals surface area contributed by atoms with Crippen LogP contribution in [0.2, 0.25) is 0 Å². The predicted molar refractivity (Wildman–Crippen MR) is 102 cm³/mol. The molecular weight excluding hydrogens is 282 g/mol. The van der Waals surface area contributed by atoms with Crippen LogP contribution in [0.15, 0.2) is 24.3 Å². The average molecular weight is 322 g/mol. The lowest BCUT2D eigenvalue weighted by Crippen LogP contribution is -2.20. The van der Waals surface area contributed by atoms with E-state index in [9.17, 15) is 4.79 Å². The highest BCUT2D eigenvalue weighted by Crippen LogP contribution is 2.12. The Morgan fingerprint density at radius 1 is 0.826 bits per heavy atom. The van der Waals surface area contributed by atoms with Gasteiger partial charge in [-0.3, -0.25) is 4.79 Å². The Morgan fingerprint density at radius 3 is 1.91 bits per heavy atom. The summed E-state index contributed by atoms with van der Waals surface area (Å²) in [6.45, 7) is 4.17. The molecule has 0 aliphatic heterocycles. The van der Waals surface area contributed by atoms with Crippen molar-refractivity contribution in [2.75, 3.05) is 0 Å². The molecule has 0 aliphatic rings. The standard InChI is InChI=1S/C21H39NO/c1-3-4-5-6-7-8-9-10-11-12-13-14-15-16-17-18-19-20(2)21(22)23/h7-8,10-11,20H,3-6,9,12-19H2,1-2H3,(H2,22,23)/b8-7-,11-10-. The average Bonchev–Trinajstić information content (AvgIpc) is 2.54. The van der Waals surface area contributed by atoms with Crippen LogP contribution in [-0.4, -0.2) is 5.91 Å². The van der Waals surface area contributed by atoms with Crippen molar-refractivity contribution < 1.29 is 4.79 Å². The lowest BCUT2D eigenvalue weighted by atomic mass is 10.0. The number of carbonyl (C=O) groups excluding carboxylic acids is 1. The molecule has 2 nitrogen and oxygen atoms in total. The van der Waals surface area contributed by atoms with Crippen molar-refractivity contribution in [3.63, 3.8) is 0 Å². The molecule has 0 spiro atoms. The summed E-state index contributed by atoms with van der Waals surface area (Å²) in [5.74, 6) is -0.117. The molecule has 0 aromatic rings. The molecule has 0 fully saturated rings. The van der Waals surface area contributed by atoms with E-state index in [0.717, 1.165) is 19.3 Å². The first-order valence-electron chi connectivity index (χ1n) is 9.77. The minimum absolute atomic E-state index is 0.0424. The molecule has 0 bridgehead atoms. The SMILES string of the molecule is CCCCC/C=C\C/C=C\CCCCCCCCC(C)C(N)=O. The minimum atomic E-state index is -0.160. The van der Waals surface area contributed by atoms with Crippen molar-refractivity contribution in [1.82, 2.24) is 0 Å². The Balaban J connectivity index is 3.23. The summed E-state index contributed by atoms with van der Waals surface area (Å²) < 4.78 is 0. The van der Waals surface area contributed by atoms with Crippen LogP contribution in [0.3, 0.4) is 0 Å². The van der Waals surface area contributed by atoms with Crippen LogP contribution in [0, 0.1) is 5.92 Å². The van der Waals surface area contributed by atoms with Crippen LogP contribution in [-0.2, 0) is 4.79 Å². The van der Waals surface area contributed by atoms with Gasteiger partial charge in [0.2, 0.25) is 5.91 Å². The second-order valence-corrected chi connectivity index (χ2v) is 6.68. The minimum Gasteiger partial charge on any atom is -0.369 e. The van der Waals surface area contributed by atoms with Crippen LogP contribution in [0.1, 0.15) is 97.3 Å². The summed E-state index contributed by atoms with van der Waals surface area (Å²) in [6.07, 6.45) is 25.3. The van der Waals surface area contributed by atoms with Gasteiger partial charge in [-0.25, -0.2) is 0 Å². The van der Waals surface area contributed by atoms with Crippen molar-refractivity contribution in [1.29, 1.82) is 0 Å². The lowest BCUT2D eigenvalue weighted by molar-refractivity contribution is -0.121. The third kappa shape index (κ3) is 17.1. The number of primary amides is 1. The first-order valence-corrected chi connectivity index (χ1v) is 9.77. The highest BCUT2D eigenvalue weighted by molar-refractivity contribution is 5.76. The van der Waals surface area contributed by atoms with E-state index in [1.165, 1.54) is 64.2 Å². The Labute approximate surface area is 144 Å². The third-order valence-electron chi connectivity index (χ3n) is 4.32. The maximum absolute atomic E-state index is 10.9. The van der Waals surface area contributed by atoms with Crippen LogP contribution in [0.25, 0.3) is 0 Å². The van der Waals surface area contributed by atoms with Crippen molar-refractivity contribution >= 4 is 5.91 Å². The molecule has 134 valence electrons. The molecule has 2 heteroatoms. The maximum atomic E-state index is 10.9. The molecule has 23 heavy (non-hydrogen) atoms. The molecule has 0 radical (unpaired) electrons. The molecule has 2 N–H and O–H groups in total. The van der Waals surface area contributed by atoms with E-state index < -0.39 is 0 Å². The summed E-state index contributed by atoms with van der Waals surface area (Å²) in [4.78, 5) is 10.9. The monoisotopic (exact) mass is 321 g/mol. The number of carbonyl (C=O) groups is 1. The van der Waals surface area contributed by atoms with Crippen molar-refractivity contribution in [3.05, 3.63) is 24.3 Å². The Hall–Kier alpha value is -1.05. The van der Waals surface area contributed by atoms with E-state index in [1.54, 1.807) is 0 Å². The fourth-order valence-electron chi connectivity index (χ4n) is 2.58. The second-order valence-electron chi connectivity index (χ2n) is 6.68. The molecule has 0 aromatic heterocycles.